The number of rotatable bonds is 7. The van der Waals surface area contributed by atoms with Gasteiger partial charge in [-0.25, -0.2) is 0 Å². The van der Waals surface area contributed by atoms with E-state index in [4.69, 9.17) is 5.11 Å². The number of amides is 1. The van der Waals surface area contributed by atoms with Gasteiger partial charge in [0.15, 0.2) is 0 Å². The van der Waals surface area contributed by atoms with Crippen molar-refractivity contribution in [3.05, 3.63) is 40.3 Å². The quantitative estimate of drug-likeness (QED) is 0.771. The number of carbonyl (C=O) groups is 2. The normalized spacial score (nSPS) is 10.3. The number of thiophene rings is 1. The van der Waals surface area contributed by atoms with Crippen molar-refractivity contribution < 1.29 is 14.7 Å². The van der Waals surface area contributed by atoms with Gasteiger partial charge in [0, 0.05) is 16.9 Å². The van der Waals surface area contributed by atoms with Crippen LogP contribution >= 0.6 is 11.3 Å². The smallest absolute Gasteiger partial charge is 0.303 e. The third kappa shape index (κ3) is 4.68. The number of nitrogens with one attached hydrogen (secondary N) is 1. The molecule has 25 heavy (non-hydrogen) atoms. The first kappa shape index (κ1) is 18.7. The molecule has 0 saturated carbocycles. The summed E-state index contributed by atoms with van der Waals surface area (Å²) in [5.74, 6) is -1.42. The summed E-state index contributed by atoms with van der Waals surface area (Å²) in [6.45, 7) is 4.04. The van der Waals surface area contributed by atoms with Crippen molar-refractivity contribution in [1.82, 2.24) is 0 Å². The van der Waals surface area contributed by atoms with Gasteiger partial charge in [0.05, 0.1) is 12.0 Å². The van der Waals surface area contributed by atoms with Gasteiger partial charge in [-0.1, -0.05) is 37.6 Å². The Kier molecular flexibility index (Phi) is 6.31. The summed E-state index contributed by atoms with van der Waals surface area (Å²) in [6.07, 6.45) is 1.74. The highest BCUT2D eigenvalue weighted by Crippen LogP contribution is 2.39. The van der Waals surface area contributed by atoms with E-state index in [0.717, 1.165) is 28.8 Å². The molecule has 1 aromatic carbocycles. The lowest BCUT2D eigenvalue weighted by Gasteiger charge is -2.05. The number of benzene rings is 1. The van der Waals surface area contributed by atoms with E-state index in [0.29, 0.717) is 10.6 Å². The zero-order chi connectivity index (χ0) is 18.4. The molecule has 0 aliphatic heterocycles. The van der Waals surface area contributed by atoms with Gasteiger partial charge >= 0.3 is 5.97 Å². The molecule has 0 fully saturated rings. The molecule has 2 aromatic rings. The molecule has 0 bridgehead atoms. The van der Waals surface area contributed by atoms with Crippen LogP contribution in [-0.4, -0.2) is 17.0 Å². The molecule has 0 radical (unpaired) electrons. The van der Waals surface area contributed by atoms with Crippen LogP contribution in [0.2, 0.25) is 0 Å². The standard InChI is InChI=1S/C19H20N2O3S/c1-3-4-13-5-7-14(8-6-13)18-12(2)25-19(15(18)11-20)21-16(22)9-10-17(23)24/h5-8H,3-4,9-10H2,1-2H3,(H,21,22)(H,23,24). The summed E-state index contributed by atoms with van der Waals surface area (Å²) in [5.41, 5.74) is 3.44. The monoisotopic (exact) mass is 356 g/mol. The SMILES string of the molecule is CCCc1ccc(-c2c(C)sc(NC(=O)CCC(=O)O)c2C#N)cc1. The summed E-state index contributed by atoms with van der Waals surface area (Å²) in [7, 11) is 0. The molecule has 0 atom stereocenters. The van der Waals surface area contributed by atoms with Crippen molar-refractivity contribution in [2.24, 2.45) is 0 Å². The summed E-state index contributed by atoms with van der Waals surface area (Å²) in [5, 5.41) is 21.4. The first-order valence-corrected chi connectivity index (χ1v) is 8.92. The number of hydrogen-bond donors (Lipinski definition) is 2. The van der Waals surface area contributed by atoms with Gasteiger partial charge in [0.25, 0.3) is 0 Å². The molecular formula is C19H20N2O3S. The Morgan fingerprint density at radius 1 is 1.24 bits per heavy atom. The van der Waals surface area contributed by atoms with Crippen LogP contribution in [0.1, 0.15) is 42.2 Å². The maximum atomic E-state index is 11.9. The van der Waals surface area contributed by atoms with Gasteiger partial charge in [0.2, 0.25) is 5.91 Å². The Balaban J connectivity index is 2.28. The number of aryl methyl sites for hydroxylation is 2. The average Bonchev–Trinajstić information content (AvgIpc) is 2.89. The second-order valence-electron chi connectivity index (χ2n) is 5.74. The maximum Gasteiger partial charge on any atom is 0.303 e. The summed E-state index contributed by atoms with van der Waals surface area (Å²) < 4.78 is 0. The van der Waals surface area contributed by atoms with Crippen molar-refractivity contribution in [3.63, 3.8) is 0 Å². The third-order valence-corrected chi connectivity index (χ3v) is 4.82. The van der Waals surface area contributed by atoms with E-state index < -0.39 is 11.9 Å². The fourth-order valence-electron chi connectivity index (χ4n) is 2.62. The van der Waals surface area contributed by atoms with Crippen LogP contribution in [0.15, 0.2) is 24.3 Å². The Hall–Kier alpha value is -2.65. The van der Waals surface area contributed by atoms with Crippen molar-refractivity contribution in [1.29, 1.82) is 5.26 Å². The molecule has 0 saturated heterocycles. The van der Waals surface area contributed by atoms with Crippen LogP contribution in [0, 0.1) is 18.3 Å². The Labute approximate surface area is 150 Å². The first-order valence-electron chi connectivity index (χ1n) is 8.10. The first-order chi connectivity index (χ1) is 12.0. The van der Waals surface area contributed by atoms with Crippen LogP contribution in [0.5, 0.6) is 0 Å². The van der Waals surface area contributed by atoms with E-state index in [1.54, 1.807) is 0 Å². The largest absolute Gasteiger partial charge is 0.481 e. The Morgan fingerprint density at radius 3 is 2.48 bits per heavy atom. The number of nitriles is 1. The molecule has 6 heteroatoms. The second kappa shape index (κ2) is 8.45. The number of nitrogens with zero attached hydrogens (tertiary/aromatic N) is 1. The van der Waals surface area contributed by atoms with Gasteiger partial charge in [-0.05, 0) is 24.5 Å². The molecule has 2 N–H and O–H groups in total. The molecule has 0 aliphatic rings. The number of carboxylic acids is 1. The molecule has 0 unspecified atom stereocenters. The van der Waals surface area contributed by atoms with Crippen molar-refractivity contribution in [3.8, 4) is 17.2 Å². The number of carboxylic acid groups (broad SMARTS) is 1. The third-order valence-electron chi connectivity index (χ3n) is 3.80. The van der Waals surface area contributed by atoms with Crippen molar-refractivity contribution in [2.45, 2.75) is 39.5 Å². The van der Waals surface area contributed by atoms with Crippen LogP contribution in [0.4, 0.5) is 5.00 Å². The molecule has 1 aromatic heterocycles. The van der Waals surface area contributed by atoms with E-state index in [-0.39, 0.29) is 12.8 Å². The van der Waals surface area contributed by atoms with Crippen LogP contribution in [0.3, 0.4) is 0 Å². The minimum absolute atomic E-state index is 0.113. The number of carbonyl (C=O) groups excluding carboxylic acids is 1. The van der Waals surface area contributed by atoms with E-state index in [1.807, 2.05) is 19.1 Å². The predicted octanol–water partition coefficient (Wildman–Crippen LogP) is 4.35. The van der Waals surface area contributed by atoms with E-state index in [2.05, 4.69) is 30.4 Å². The highest BCUT2D eigenvalue weighted by molar-refractivity contribution is 7.17. The fourth-order valence-corrected chi connectivity index (χ4v) is 3.67. The van der Waals surface area contributed by atoms with E-state index in [1.165, 1.54) is 16.9 Å². The van der Waals surface area contributed by atoms with Gasteiger partial charge in [-0.15, -0.1) is 11.3 Å². The zero-order valence-corrected chi connectivity index (χ0v) is 15.1. The molecule has 1 amide bonds. The molecular weight excluding hydrogens is 336 g/mol. The average molecular weight is 356 g/mol. The lowest BCUT2D eigenvalue weighted by Crippen LogP contribution is -2.13. The minimum atomic E-state index is -1.02. The van der Waals surface area contributed by atoms with Gasteiger partial charge in [0.1, 0.15) is 11.1 Å². The molecule has 0 spiro atoms. The van der Waals surface area contributed by atoms with Gasteiger partial charge in [-0.2, -0.15) is 5.26 Å². The molecule has 5 nitrogen and oxygen atoms in total. The number of anilines is 1. The van der Waals surface area contributed by atoms with Crippen molar-refractivity contribution >= 4 is 28.2 Å². The highest BCUT2D eigenvalue weighted by Gasteiger charge is 2.19. The molecule has 130 valence electrons. The van der Waals surface area contributed by atoms with Crippen molar-refractivity contribution in [2.75, 3.05) is 5.32 Å². The van der Waals surface area contributed by atoms with Crippen LogP contribution in [-0.2, 0) is 16.0 Å². The molecule has 0 aliphatic carbocycles. The number of aliphatic carboxylic acids is 1. The summed E-state index contributed by atoms with van der Waals surface area (Å²) >= 11 is 1.34. The fraction of sp³-hybridized carbons (Fsp3) is 0.316. The lowest BCUT2D eigenvalue weighted by molar-refractivity contribution is -0.138. The molecule has 1 heterocycles. The van der Waals surface area contributed by atoms with Gasteiger partial charge in [-0.3, -0.25) is 9.59 Å². The summed E-state index contributed by atoms with van der Waals surface area (Å²) in [6, 6.07) is 10.3. The lowest BCUT2D eigenvalue weighted by atomic mass is 9.99. The zero-order valence-electron chi connectivity index (χ0n) is 14.3. The summed E-state index contributed by atoms with van der Waals surface area (Å²) in [4.78, 5) is 23.4. The highest BCUT2D eigenvalue weighted by atomic mass is 32.1. The van der Waals surface area contributed by atoms with Crippen LogP contribution in [0.25, 0.3) is 11.1 Å². The Morgan fingerprint density at radius 2 is 1.92 bits per heavy atom. The number of hydrogen-bond acceptors (Lipinski definition) is 4. The van der Waals surface area contributed by atoms with E-state index in [9.17, 15) is 14.9 Å². The van der Waals surface area contributed by atoms with Crippen LogP contribution < -0.4 is 5.32 Å². The van der Waals surface area contributed by atoms with E-state index >= 15 is 0 Å². The Bertz CT molecular complexity index is 816. The predicted molar refractivity (Wildman–Crippen MR) is 98.7 cm³/mol. The minimum Gasteiger partial charge on any atom is -0.481 e. The second-order valence-corrected chi connectivity index (χ2v) is 6.96. The molecule has 2 rings (SSSR count). The maximum absolute atomic E-state index is 11.9. The topological polar surface area (TPSA) is 90.2 Å². The van der Waals surface area contributed by atoms with Gasteiger partial charge < -0.3 is 10.4 Å².